The molecule has 1 aliphatic heterocycles. The van der Waals surface area contributed by atoms with E-state index >= 15 is 0 Å². The fourth-order valence-electron chi connectivity index (χ4n) is 3.09. The standard InChI is InChI=1S/C21H26N4O3/c1-15-7-9-16(10-8-15)17-12-18(19-6-5-11-28-19)25(22-17)21(27)14-24(4)13-20(26)23(2)3/h5-11,18H,12-14H2,1-4H3. The van der Waals surface area contributed by atoms with Gasteiger partial charge in [-0.3, -0.25) is 14.5 Å². The number of hydrogen-bond acceptors (Lipinski definition) is 5. The Balaban J connectivity index is 1.78. The molecule has 0 fully saturated rings. The molecule has 1 aromatic heterocycles. The largest absolute Gasteiger partial charge is 0.467 e. The maximum atomic E-state index is 13.0. The minimum Gasteiger partial charge on any atom is -0.467 e. The summed E-state index contributed by atoms with van der Waals surface area (Å²) in [5.41, 5.74) is 3.01. The predicted octanol–water partition coefficient (Wildman–Crippen LogP) is 2.29. The summed E-state index contributed by atoms with van der Waals surface area (Å²) >= 11 is 0. The molecule has 0 bridgehead atoms. The lowest BCUT2D eigenvalue weighted by Gasteiger charge is -2.23. The van der Waals surface area contributed by atoms with Gasteiger partial charge in [0.25, 0.3) is 5.91 Å². The van der Waals surface area contributed by atoms with E-state index in [0.29, 0.717) is 12.2 Å². The minimum absolute atomic E-state index is 0.0526. The zero-order valence-corrected chi connectivity index (χ0v) is 16.8. The van der Waals surface area contributed by atoms with Gasteiger partial charge in [-0.2, -0.15) is 5.10 Å². The van der Waals surface area contributed by atoms with Crippen LogP contribution in [0.25, 0.3) is 0 Å². The molecule has 0 radical (unpaired) electrons. The molecule has 3 rings (SSSR count). The Kier molecular flexibility index (Phi) is 5.94. The van der Waals surface area contributed by atoms with Crippen LogP contribution in [-0.2, 0) is 9.59 Å². The molecule has 0 saturated heterocycles. The van der Waals surface area contributed by atoms with Crippen LogP contribution in [0.15, 0.2) is 52.2 Å². The number of furan rings is 1. The van der Waals surface area contributed by atoms with Crippen molar-refractivity contribution in [2.24, 2.45) is 5.10 Å². The Hall–Kier alpha value is -2.93. The van der Waals surface area contributed by atoms with Gasteiger partial charge < -0.3 is 9.32 Å². The highest BCUT2D eigenvalue weighted by Crippen LogP contribution is 2.33. The van der Waals surface area contributed by atoms with E-state index in [-0.39, 0.29) is 30.9 Å². The fourth-order valence-corrected chi connectivity index (χ4v) is 3.09. The zero-order chi connectivity index (χ0) is 20.3. The second kappa shape index (κ2) is 8.39. The predicted molar refractivity (Wildman–Crippen MR) is 107 cm³/mol. The quantitative estimate of drug-likeness (QED) is 0.769. The second-order valence-electron chi connectivity index (χ2n) is 7.35. The number of hydrogen-bond donors (Lipinski definition) is 0. The first-order valence-corrected chi connectivity index (χ1v) is 9.24. The summed E-state index contributed by atoms with van der Waals surface area (Å²) in [5.74, 6) is 0.479. The van der Waals surface area contributed by atoms with Gasteiger partial charge in [-0.05, 0) is 31.7 Å². The van der Waals surface area contributed by atoms with Crippen molar-refractivity contribution in [3.63, 3.8) is 0 Å². The molecule has 2 amide bonds. The molecule has 28 heavy (non-hydrogen) atoms. The topological polar surface area (TPSA) is 69.4 Å². The molecule has 1 aliphatic rings. The van der Waals surface area contributed by atoms with Crippen LogP contribution in [0.1, 0.15) is 29.3 Å². The number of aryl methyl sites for hydroxylation is 1. The Morgan fingerprint density at radius 3 is 2.46 bits per heavy atom. The third-order valence-corrected chi connectivity index (χ3v) is 4.73. The minimum atomic E-state index is -0.281. The van der Waals surface area contributed by atoms with Gasteiger partial charge in [0.2, 0.25) is 5.91 Å². The number of hydrazone groups is 1. The summed E-state index contributed by atoms with van der Waals surface area (Å²) in [5, 5.41) is 6.10. The smallest absolute Gasteiger partial charge is 0.257 e. The van der Waals surface area contributed by atoms with Crippen molar-refractivity contribution >= 4 is 17.5 Å². The number of rotatable bonds is 6. The first-order valence-electron chi connectivity index (χ1n) is 9.24. The molecule has 7 heteroatoms. The van der Waals surface area contributed by atoms with Gasteiger partial charge in [0.05, 0.1) is 25.1 Å². The lowest BCUT2D eigenvalue weighted by Crippen LogP contribution is -2.41. The van der Waals surface area contributed by atoms with Crippen molar-refractivity contribution in [2.45, 2.75) is 19.4 Å². The Morgan fingerprint density at radius 2 is 1.86 bits per heavy atom. The van der Waals surface area contributed by atoms with E-state index in [9.17, 15) is 9.59 Å². The van der Waals surface area contributed by atoms with Gasteiger partial charge in [0.15, 0.2) is 0 Å². The molecule has 0 spiro atoms. The lowest BCUT2D eigenvalue weighted by molar-refractivity contribution is -0.135. The molecule has 1 unspecified atom stereocenters. The van der Waals surface area contributed by atoms with Crippen molar-refractivity contribution in [1.82, 2.24) is 14.8 Å². The van der Waals surface area contributed by atoms with E-state index in [2.05, 4.69) is 5.10 Å². The summed E-state index contributed by atoms with van der Waals surface area (Å²) in [6.07, 6.45) is 2.19. The fraction of sp³-hybridized carbons (Fsp3) is 0.381. The summed E-state index contributed by atoms with van der Waals surface area (Å²) < 4.78 is 5.56. The molecule has 7 nitrogen and oxygen atoms in total. The average molecular weight is 382 g/mol. The highest BCUT2D eigenvalue weighted by Gasteiger charge is 2.35. The zero-order valence-electron chi connectivity index (χ0n) is 16.8. The number of amides is 2. The van der Waals surface area contributed by atoms with Gasteiger partial charge in [0.1, 0.15) is 11.8 Å². The summed E-state index contributed by atoms with van der Waals surface area (Å²) in [6, 6.07) is 11.5. The lowest BCUT2D eigenvalue weighted by atomic mass is 10.0. The molecule has 2 heterocycles. The van der Waals surface area contributed by atoms with Crippen molar-refractivity contribution in [1.29, 1.82) is 0 Å². The number of benzene rings is 1. The van der Waals surface area contributed by atoms with Crippen molar-refractivity contribution in [2.75, 3.05) is 34.2 Å². The first-order chi connectivity index (χ1) is 13.3. The Labute approximate surface area is 165 Å². The van der Waals surface area contributed by atoms with Gasteiger partial charge in [-0.1, -0.05) is 29.8 Å². The van der Waals surface area contributed by atoms with E-state index < -0.39 is 0 Å². The molecule has 0 aliphatic carbocycles. The molecular formula is C21H26N4O3. The molecule has 2 aromatic rings. The Morgan fingerprint density at radius 1 is 1.14 bits per heavy atom. The number of likely N-dealkylation sites (N-methyl/N-ethyl adjacent to an activating group) is 2. The number of carbonyl (C=O) groups is 2. The first kappa shape index (κ1) is 19.8. The van der Waals surface area contributed by atoms with E-state index in [1.54, 1.807) is 32.3 Å². The monoisotopic (exact) mass is 382 g/mol. The average Bonchev–Trinajstić information content (AvgIpc) is 3.31. The number of carbonyl (C=O) groups excluding carboxylic acids is 2. The molecule has 1 atom stereocenters. The van der Waals surface area contributed by atoms with E-state index in [4.69, 9.17) is 4.42 Å². The normalized spacial score (nSPS) is 16.4. The third-order valence-electron chi connectivity index (χ3n) is 4.73. The van der Waals surface area contributed by atoms with Crippen LogP contribution in [0.3, 0.4) is 0 Å². The second-order valence-corrected chi connectivity index (χ2v) is 7.35. The summed E-state index contributed by atoms with van der Waals surface area (Å²) in [7, 11) is 5.15. The van der Waals surface area contributed by atoms with Crippen LogP contribution in [0.5, 0.6) is 0 Å². The molecule has 0 saturated carbocycles. The van der Waals surface area contributed by atoms with E-state index in [0.717, 1.165) is 11.3 Å². The van der Waals surface area contributed by atoms with Crippen molar-refractivity contribution in [3.05, 3.63) is 59.5 Å². The van der Waals surface area contributed by atoms with Crippen molar-refractivity contribution in [3.8, 4) is 0 Å². The van der Waals surface area contributed by atoms with Gasteiger partial charge in [-0.25, -0.2) is 5.01 Å². The van der Waals surface area contributed by atoms with Gasteiger partial charge in [-0.15, -0.1) is 0 Å². The van der Waals surface area contributed by atoms with E-state index in [1.807, 2.05) is 43.3 Å². The van der Waals surface area contributed by atoms with Gasteiger partial charge in [0, 0.05) is 20.5 Å². The van der Waals surface area contributed by atoms with Crippen LogP contribution in [0.4, 0.5) is 0 Å². The highest BCUT2D eigenvalue weighted by molar-refractivity contribution is 6.03. The van der Waals surface area contributed by atoms with Crippen LogP contribution in [0, 0.1) is 6.92 Å². The summed E-state index contributed by atoms with van der Waals surface area (Å²) in [4.78, 5) is 28.1. The van der Waals surface area contributed by atoms with Crippen molar-refractivity contribution < 1.29 is 14.0 Å². The Bertz CT molecular complexity index is 856. The third kappa shape index (κ3) is 4.48. The number of nitrogens with zero attached hydrogens (tertiary/aromatic N) is 4. The molecule has 148 valence electrons. The van der Waals surface area contributed by atoms with Crippen LogP contribution < -0.4 is 0 Å². The maximum Gasteiger partial charge on any atom is 0.257 e. The molecule has 0 N–H and O–H groups in total. The van der Waals surface area contributed by atoms with Crippen LogP contribution in [0.2, 0.25) is 0 Å². The van der Waals surface area contributed by atoms with Gasteiger partial charge >= 0.3 is 0 Å². The maximum absolute atomic E-state index is 13.0. The SMILES string of the molecule is Cc1ccc(C2=NN(C(=O)CN(C)CC(=O)N(C)C)C(c3ccco3)C2)cc1. The summed E-state index contributed by atoms with van der Waals surface area (Å²) in [6.45, 7) is 2.31. The molecular weight excluding hydrogens is 356 g/mol. The highest BCUT2D eigenvalue weighted by atomic mass is 16.3. The molecule has 1 aromatic carbocycles. The van der Waals surface area contributed by atoms with Crippen LogP contribution in [-0.4, -0.2) is 66.6 Å². The van der Waals surface area contributed by atoms with Crippen LogP contribution >= 0.6 is 0 Å². The van der Waals surface area contributed by atoms with E-state index in [1.165, 1.54) is 15.5 Å².